The Kier molecular flexibility index (Phi) is 31.2. The molecule has 19 nitrogen and oxygen atoms in total. The van der Waals surface area contributed by atoms with E-state index < -0.39 is 90.0 Å². The molecule has 1 aliphatic carbocycles. The third-order valence-corrected chi connectivity index (χ3v) is 16.8. The minimum Gasteiger partial charge on any atom is -0.460 e. The minimum atomic E-state index is -2.45. The van der Waals surface area contributed by atoms with Crippen molar-refractivity contribution >= 4 is 29.4 Å². The first kappa shape index (κ1) is 69.8. The molecular formula is C62H101NO18. The van der Waals surface area contributed by atoms with Crippen LogP contribution >= 0.6 is 0 Å². The number of cyclic esters (lactones) is 1. The number of aliphatic hydroxyl groups excluding tert-OH is 2. The monoisotopic (exact) mass is 1150 g/mol. The van der Waals surface area contributed by atoms with E-state index in [0.29, 0.717) is 122 Å². The summed E-state index contributed by atoms with van der Waals surface area (Å²) in [4.78, 5) is 71.5. The highest BCUT2D eigenvalue weighted by molar-refractivity contribution is 6.39. The molecule has 3 N–H and O–H groups in total. The predicted molar refractivity (Wildman–Crippen MR) is 304 cm³/mol. The van der Waals surface area contributed by atoms with Crippen LogP contribution in [0.5, 0.6) is 0 Å². The number of Topliss-reactive ketones (excluding diaryl/α,β-unsaturated/α-hetero) is 2. The summed E-state index contributed by atoms with van der Waals surface area (Å²) >= 11 is 0. The Balaban J connectivity index is 1.55. The molecule has 1 amide bonds. The van der Waals surface area contributed by atoms with Gasteiger partial charge in [0.15, 0.2) is 5.78 Å². The number of rotatable bonds is 20. The lowest BCUT2D eigenvalue weighted by Gasteiger charge is -2.43. The second-order valence-corrected chi connectivity index (χ2v) is 23.2. The largest absolute Gasteiger partial charge is 0.460 e. The molecule has 462 valence electrons. The molecule has 0 aromatic heterocycles. The number of carbonyl (C=O) groups is 5. The zero-order valence-electron chi connectivity index (χ0n) is 50.6. The van der Waals surface area contributed by atoms with Gasteiger partial charge in [0, 0.05) is 78.6 Å². The van der Waals surface area contributed by atoms with Gasteiger partial charge in [-0.05, 0) is 113 Å². The smallest absolute Gasteiger partial charge is 0.329 e. The summed E-state index contributed by atoms with van der Waals surface area (Å²) in [5.74, 6) is -7.99. The second-order valence-electron chi connectivity index (χ2n) is 23.2. The van der Waals surface area contributed by atoms with Crippen molar-refractivity contribution in [1.82, 2.24) is 4.90 Å². The molecule has 3 fully saturated rings. The average molecular weight is 1150 g/mol. The summed E-state index contributed by atoms with van der Waals surface area (Å²) < 4.78 is 57.4. The van der Waals surface area contributed by atoms with E-state index in [1.54, 1.807) is 48.2 Å². The van der Waals surface area contributed by atoms with E-state index in [-0.39, 0.29) is 61.4 Å². The van der Waals surface area contributed by atoms with Gasteiger partial charge in [-0.1, -0.05) is 71.1 Å². The molecule has 19 heteroatoms. The van der Waals surface area contributed by atoms with Gasteiger partial charge in [-0.25, -0.2) is 4.79 Å². The fourth-order valence-electron chi connectivity index (χ4n) is 11.6. The van der Waals surface area contributed by atoms with E-state index >= 15 is 0 Å². The van der Waals surface area contributed by atoms with E-state index in [1.165, 1.54) is 12.0 Å². The Morgan fingerprint density at radius 3 is 2.12 bits per heavy atom. The first-order valence-corrected chi connectivity index (χ1v) is 29.7. The molecule has 0 aromatic carbocycles. The fourth-order valence-corrected chi connectivity index (χ4v) is 11.6. The highest BCUT2D eigenvalue weighted by Crippen LogP contribution is 2.38. The van der Waals surface area contributed by atoms with Crippen molar-refractivity contribution in [1.29, 1.82) is 0 Å². The number of aliphatic hydroxyl groups is 3. The number of allylic oxidation sites excluding steroid dienone is 5. The first-order valence-electron chi connectivity index (χ1n) is 29.7. The first-order chi connectivity index (χ1) is 38.7. The van der Waals surface area contributed by atoms with Crippen LogP contribution in [0.3, 0.4) is 0 Å². The molecule has 4 rings (SSSR count). The summed E-state index contributed by atoms with van der Waals surface area (Å²) in [5, 5.41) is 35.6. The molecule has 0 radical (unpaired) electrons. The Bertz CT molecular complexity index is 2060. The molecule has 2 bridgehead atoms. The number of fused-ring (bicyclic) bond motifs is 3. The van der Waals surface area contributed by atoms with E-state index in [4.69, 9.17) is 47.4 Å². The van der Waals surface area contributed by atoms with Crippen molar-refractivity contribution < 1.29 is 86.7 Å². The third kappa shape index (κ3) is 22.0. The van der Waals surface area contributed by atoms with Crippen molar-refractivity contribution in [2.24, 2.45) is 35.5 Å². The molecule has 3 aliphatic heterocycles. The molecule has 0 spiro atoms. The lowest BCUT2D eigenvalue weighted by molar-refractivity contribution is -0.265. The molecule has 1 saturated carbocycles. The maximum Gasteiger partial charge on any atom is 0.329 e. The number of nitrogens with zero attached hydrogens (tertiary/aromatic N) is 1. The zero-order chi connectivity index (χ0) is 59.6. The highest BCUT2D eigenvalue weighted by Gasteiger charge is 2.53. The molecule has 3 heterocycles. The summed E-state index contributed by atoms with van der Waals surface area (Å²) in [6.45, 7) is 16.1. The number of amides is 1. The molecule has 0 unspecified atom stereocenters. The maximum absolute atomic E-state index is 14.7. The number of piperidine rings is 1. The average Bonchev–Trinajstić information content (AvgIpc) is 3.56. The van der Waals surface area contributed by atoms with Crippen LogP contribution in [0, 0.1) is 35.5 Å². The predicted octanol–water partition coefficient (Wildman–Crippen LogP) is 7.00. The van der Waals surface area contributed by atoms with Gasteiger partial charge >= 0.3 is 11.9 Å². The summed E-state index contributed by atoms with van der Waals surface area (Å²) in [5.41, 5.74) is 1.30. The summed E-state index contributed by atoms with van der Waals surface area (Å²) in [6, 6.07) is -1.15. The highest BCUT2D eigenvalue weighted by atomic mass is 16.6. The van der Waals surface area contributed by atoms with Crippen LogP contribution in [0.15, 0.2) is 47.6 Å². The molecular weight excluding hydrogens is 1050 g/mol. The van der Waals surface area contributed by atoms with Crippen molar-refractivity contribution in [2.45, 2.75) is 199 Å². The molecule has 16 atom stereocenters. The van der Waals surface area contributed by atoms with Crippen molar-refractivity contribution in [3.05, 3.63) is 47.6 Å². The number of hydrogen-bond acceptors (Lipinski definition) is 18. The lowest BCUT2D eigenvalue weighted by Crippen LogP contribution is -2.61. The standard InChI is InChI=1S/C62H101NO18/c1-40-18-13-12-14-19-41(2)52(73-9)38-48-24-22-46(7)62(71,81-48)59(68)60(69)63-26-16-15-20-49(63)61(70)80-53(39-50(64)42(3)35-45(6)57(67)58(75-11)56(66)44(5)34-40)43(4)36-47-23-25-51(54(37-47)74-10)79-55(65)21-17-27-76-30-31-78-33-32-77-29-28-72-8/h12-14,18-19,35,40,42-44,46-54,57-58,64,67,71H,15-17,20-34,36-39H2,1-11H3/b14-12+,18-13+,41-19+,45-35+/t40-,42-,43-,44-,46-,47+,48+,49+,50-,51-,52+,53+,54-,57-,58+,62-/m1/s1. The van der Waals surface area contributed by atoms with Gasteiger partial charge in [-0.2, -0.15) is 0 Å². The van der Waals surface area contributed by atoms with Crippen LogP contribution in [-0.4, -0.2) is 192 Å². The van der Waals surface area contributed by atoms with Crippen LogP contribution in [0.2, 0.25) is 0 Å². The third-order valence-electron chi connectivity index (χ3n) is 16.8. The van der Waals surface area contributed by atoms with Crippen molar-refractivity contribution in [2.75, 3.05) is 81.2 Å². The number of hydrogen-bond donors (Lipinski definition) is 3. The summed E-state index contributed by atoms with van der Waals surface area (Å²) in [6.07, 6.45) is 10.9. The van der Waals surface area contributed by atoms with Gasteiger partial charge in [0.2, 0.25) is 5.79 Å². The van der Waals surface area contributed by atoms with Crippen LogP contribution in [0.1, 0.15) is 138 Å². The topological polar surface area (TPSA) is 242 Å². The van der Waals surface area contributed by atoms with Gasteiger partial charge in [-0.15, -0.1) is 0 Å². The quantitative estimate of drug-likeness (QED) is 0.0481. The van der Waals surface area contributed by atoms with Gasteiger partial charge in [0.05, 0.1) is 64.1 Å². The van der Waals surface area contributed by atoms with E-state index in [2.05, 4.69) is 0 Å². The fraction of sp³-hybridized carbons (Fsp3) is 0.790. The number of methoxy groups -OCH3 is 4. The number of carbonyl (C=O) groups excluding carboxylic acids is 5. The van der Waals surface area contributed by atoms with Crippen molar-refractivity contribution in [3.8, 4) is 0 Å². The van der Waals surface area contributed by atoms with Gasteiger partial charge in [-0.3, -0.25) is 19.2 Å². The van der Waals surface area contributed by atoms with Crippen molar-refractivity contribution in [3.63, 3.8) is 0 Å². The molecule has 81 heavy (non-hydrogen) atoms. The van der Waals surface area contributed by atoms with Gasteiger partial charge in [0.1, 0.15) is 30.5 Å². The minimum absolute atomic E-state index is 0.0101. The van der Waals surface area contributed by atoms with E-state index in [9.17, 15) is 39.3 Å². The van der Waals surface area contributed by atoms with E-state index in [1.807, 2.05) is 58.1 Å². The van der Waals surface area contributed by atoms with Crippen LogP contribution in [-0.2, 0) is 71.3 Å². The van der Waals surface area contributed by atoms with E-state index in [0.717, 1.165) is 5.57 Å². The Morgan fingerprint density at radius 2 is 1.46 bits per heavy atom. The van der Waals surface area contributed by atoms with Crippen LogP contribution < -0.4 is 0 Å². The zero-order valence-corrected chi connectivity index (χ0v) is 50.6. The van der Waals surface area contributed by atoms with Gasteiger partial charge in [0.25, 0.3) is 11.7 Å². The number of ketones is 2. The Morgan fingerprint density at radius 1 is 0.765 bits per heavy atom. The molecule has 2 saturated heterocycles. The molecule has 0 aromatic rings. The summed E-state index contributed by atoms with van der Waals surface area (Å²) in [7, 11) is 6.18. The van der Waals surface area contributed by atoms with Gasteiger partial charge < -0.3 is 67.6 Å². The normalized spacial score (nSPS) is 35.6. The Labute approximate surface area is 482 Å². The SMILES string of the molecule is COCCOCCOCCOCCCC(=O)O[C@@H]1CC[C@@H](C[C@@H](C)[C@@H]2C[C@@H](O)[C@H](C)/C=C(\C)[C@@H](O)[C@@H](OC)C(=O)[C@H](C)C[C@H](C)/C=C/C=C/C=C(\C)[C@@H](OC)C[C@@H]3CC[C@@H](C)[C@@](O)(O3)C(=O)C(=O)N3CCCC[C@H]3C(=O)O2)C[C@H]1OC. The maximum atomic E-state index is 14.7. The second kappa shape index (κ2) is 36.2. The number of esters is 2. The van der Waals surface area contributed by atoms with Crippen LogP contribution in [0.4, 0.5) is 0 Å². The number of ether oxygens (including phenoxy) is 10. The lowest BCUT2D eigenvalue weighted by atomic mass is 9.78. The van der Waals surface area contributed by atoms with Crippen LogP contribution in [0.25, 0.3) is 0 Å². The Hall–Kier alpha value is -3.73. The molecule has 4 aliphatic rings.